The Balaban J connectivity index is 0.000000414. The smallest absolute Gasteiger partial charge is 0.170 e. The molecule has 0 aromatic heterocycles. The normalized spacial score (nSPS) is 11.6. The molecule has 1 aromatic rings. The molecule has 8 nitrogen and oxygen atoms in total. The van der Waals surface area contributed by atoms with Crippen LogP contribution in [0.25, 0.3) is 31.9 Å². The predicted octanol–water partition coefficient (Wildman–Crippen LogP) is 3.12. The van der Waals surface area contributed by atoms with Crippen LogP contribution in [-0.4, -0.2) is 11.6 Å². The first-order chi connectivity index (χ1) is 8.60. The molecule has 0 spiro atoms. The fourth-order valence-electron chi connectivity index (χ4n) is 1.50. The molecule has 0 bridgehead atoms. The fraction of sp³-hybridized carbons (Fsp3) is 0.200. The molecular formula is C10H8N6O2-2. The third-order valence-corrected chi connectivity index (χ3v) is 2.06. The number of hydrogen-bond acceptors (Lipinski definition) is 2. The molecule has 0 unspecified atom stereocenters. The average molecular weight is 244 g/mol. The summed E-state index contributed by atoms with van der Waals surface area (Å²) in [4.78, 5) is 25.3. The molecule has 0 heterocycles. The summed E-state index contributed by atoms with van der Waals surface area (Å²) in [6, 6.07) is 7.30. The molecule has 0 N–H and O–H groups in total. The summed E-state index contributed by atoms with van der Waals surface area (Å²) in [7, 11) is 0. The zero-order valence-electron chi connectivity index (χ0n) is 9.22. The van der Waals surface area contributed by atoms with Gasteiger partial charge < -0.3 is 22.1 Å². The molecule has 0 amide bonds. The van der Waals surface area contributed by atoms with Crippen LogP contribution in [-0.2, 0) is 11.2 Å². The van der Waals surface area contributed by atoms with Crippen LogP contribution in [0, 0.1) is 0 Å². The Morgan fingerprint density at radius 3 is 1.94 bits per heavy atom. The van der Waals surface area contributed by atoms with Crippen molar-refractivity contribution in [3.63, 3.8) is 0 Å². The number of Topliss-reactive ketones (excluding diaryl/α,β-unsaturated/α-hetero) is 2. The number of carbonyl (C=O) groups excluding carboxylic acids is 2. The monoisotopic (exact) mass is 244 g/mol. The molecule has 0 saturated carbocycles. The summed E-state index contributed by atoms with van der Waals surface area (Å²) < 4.78 is 0. The highest BCUT2D eigenvalue weighted by atomic mass is 16.1. The number of nitrogens with zero attached hydrogens (tertiary/aromatic N) is 6. The number of benzene rings is 1. The van der Waals surface area contributed by atoms with Gasteiger partial charge in [-0.05, 0) is 5.56 Å². The van der Waals surface area contributed by atoms with Gasteiger partial charge in [0, 0.05) is 12.0 Å². The Morgan fingerprint density at radius 2 is 1.39 bits per heavy atom. The Hall–Kier alpha value is -2.82. The maximum Gasteiger partial charge on any atom is 0.170 e. The van der Waals surface area contributed by atoms with Gasteiger partial charge in [0.05, 0.1) is 6.42 Å². The minimum Gasteiger partial charge on any atom is -0.373 e. The molecule has 0 aliphatic heterocycles. The first-order valence-electron chi connectivity index (χ1n) is 4.70. The van der Waals surface area contributed by atoms with Crippen molar-refractivity contribution in [2.45, 2.75) is 12.8 Å². The molecular weight excluding hydrogens is 236 g/mol. The Labute approximate surface area is 102 Å². The molecule has 0 saturated heterocycles. The van der Waals surface area contributed by atoms with Crippen LogP contribution in [0.5, 0.6) is 0 Å². The SMILES string of the molecule is O=C1CC(=O)c2ccccc2C1.[N-]=[N+]=[N-].[N-]=[N+]=[N-]. The molecule has 0 atom stereocenters. The minimum atomic E-state index is -0.0400. The van der Waals surface area contributed by atoms with E-state index in [0.29, 0.717) is 6.42 Å². The van der Waals surface area contributed by atoms with E-state index in [9.17, 15) is 9.59 Å². The van der Waals surface area contributed by atoms with Gasteiger partial charge >= 0.3 is 0 Å². The first kappa shape index (κ1) is 15.2. The number of hydrogen-bond donors (Lipinski definition) is 0. The summed E-state index contributed by atoms with van der Waals surface area (Å²) in [5.74, 6) is -0.0134. The van der Waals surface area contributed by atoms with E-state index in [1.165, 1.54) is 9.82 Å². The second-order valence-corrected chi connectivity index (χ2v) is 3.15. The highest BCUT2D eigenvalue weighted by Crippen LogP contribution is 2.18. The lowest BCUT2D eigenvalue weighted by molar-refractivity contribution is -0.117. The van der Waals surface area contributed by atoms with Gasteiger partial charge in [-0.3, -0.25) is 19.4 Å². The average Bonchev–Trinajstić information content (AvgIpc) is 2.31. The van der Waals surface area contributed by atoms with Crippen LogP contribution < -0.4 is 0 Å². The van der Waals surface area contributed by atoms with Gasteiger partial charge in [0.25, 0.3) is 0 Å². The maximum absolute atomic E-state index is 11.3. The van der Waals surface area contributed by atoms with Gasteiger partial charge in [-0.15, -0.1) is 0 Å². The summed E-state index contributed by atoms with van der Waals surface area (Å²) in [6.45, 7) is 0. The van der Waals surface area contributed by atoms with Crippen LogP contribution in [0.4, 0.5) is 0 Å². The largest absolute Gasteiger partial charge is 0.373 e. The molecule has 1 aliphatic carbocycles. The summed E-state index contributed by atoms with van der Waals surface area (Å²) in [5.41, 5.74) is 28.6. The topological polar surface area (TPSA) is 152 Å². The second kappa shape index (κ2) is 8.35. The number of carbonyl (C=O) groups is 2. The van der Waals surface area contributed by atoms with Gasteiger partial charge in [-0.2, -0.15) is 0 Å². The molecule has 1 aromatic carbocycles. The number of rotatable bonds is 0. The van der Waals surface area contributed by atoms with E-state index in [1.54, 1.807) is 6.07 Å². The highest BCUT2D eigenvalue weighted by Gasteiger charge is 2.21. The summed E-state index contributed by atoms with van der Waals surface area (Å²) in [5, 5.41) is 0. The lowest BCUT2D eigenvalue weighted by atomic mass is 9.90. The lowest BCUT2D eigenvalue weighted by Crippen LogP contribution is -2.19. The molecule has 18 heavy (non-hydrogen) atoms. The van der Waals surface area contributed by atoms with Crippen LogP contribution >= 0.6 is 0 Å². The number of ketones is 2. The van der Waals surface area contributed by atoms with E-state index >= 15 is 0 Å². The molecule has 2 rings (SSSR count). The van der Waals surface area contributed by atoms with Crippen LogP contribution in [0.2, 0.25) is 0 Å². The third kappa shape index (κ3) is 4.80. The van der Waals surface area contributed by atoms with Crippen molar-refractivity contribution >= 4 is 11.6 Å². The Bertz CT molecular complexity index is 501. The molecule has 0 radical (unpaired) electrons. The summed E-state index contributed by atoms with van der Waals surface area (Å²) in [6.07, 6.45) is 0.499. The van der Waals surface area contributed by atoms with Gasteiger partial charge in [0.15, 0.2) is 5.78 Å². The molecule has 1 aliphatic rings. The third-order valence-electron chi connectivity index (χ3n) is 2.06. The Morgan fingerprint density at radius 1 is 0.889 bits per heavy atom. The number of fused-ring (bicyclic) bond motifs is 1. The summed E-state index contributed by atoms with van der Waals surface area (Å²) >= 11 is 0. The maximum atomic E-state index is 11.3. The van der Waals surface area contributed by atoms with Crippen LogP contribution in [0.1, 0.15) is 22.3 Å². The quantitative estimate of drug-likeness (QED) is 0.298. The fourth-order valence-corrected chi connectivity index (χ4v) is 1.50. The standard InChI is InChI=1S/C10H8O2.2N3/c11-8-5-7-3-1-2-4-9(7)10(12)6-8;2*1-3-2/h1-4H,5-6H2;;/q;2*-1. The van der Waals surface area contributed by atoms with Crippen molar-refractivity contribution in [1.82, 2.24) is 0 Å². The van der Waals surface area contributed by atoms with Crippen molar-refractivity contribution in [2.24, 2.45) is 0 Å². The van der Waals surface area contributed by atoms with E-state index in [2.05, 4.69) is 0 Å². The lowest BCUT2D eigenvalue weighted by Gasteiger charge is -2.12. The zero-order valence-corrected chi connectivity index (χ0v) is 9.22. The van der Waals surface area contributed by atoms with Crippen molar-refractivity contribution in [3.05, 3.63) is 67.3 Å². The van der Waals surface area contributed by atoms with E-state index in [1.807, 2.05) is 18.2 Å². The van der Waals surface area contributed by atoms with E-state index in [4.69, 9.17) is 22.1 Å². The van der Waals surface area contributed by atoms with Crippen molar-refractivity contribution in [2.75, 3.05) is 0 Å². The van der Waals surface area contributed by atoms with Gasteiger partial charge in [0.1, 0.15) is 5.78 Å². The van der Waals surface area contributed by atoms with Crippen LogP contribution in [0.3, 0.4) is 0 Å². The molecule has 92 valence electrons. The zero-order chi connectivity index (χ0) is 14.0. The van der Waals surface area contributed by atoms with E-state index in [-0.39, 0.29) is 18.0 Å². The van der Waals surface area contributed by atoms with E-state index < -0.39 is 0 Å². The van der Waals surface area contributed by atoms with Gasteiger partial charge in [-0.1, -0.05) is 24.3 Å². The van der Waals surface area contributed by atoms with Crippen molar-refractivity contribution in [3.8, 4) is 0 Å². The second-order valence-electron chi connectivity index (χ2n) is 3.15. The van der Waals surface area contributed by atoms with Gasteiger partial charge in [0.2, 0.25) is 0 Å². The minimum absolute atomic E-state index is 0.0266. The van der Waals surface area contributed by atoms with Gasteiger partial charge in [-0.25, -0.2) is 0 Å². The molecule has 8 heteroatoms. The van der Waals surface area contributed by atoms with Crippen molar-refractivity contribution < 1.29 is 9.59 Å². The highest BCUT2D eigenvalue weighted by molar-refractivity contribution is 6.12. The van der Waals surface area contributed by atoms with E-state index in [0.717, 1.165) is 11.1 Å². The molecule has 0 fully saturated rings. The predicted molar refractivity (Wildman–Crippen MR) is 64.3 cm³/mol. The van der Waals surface area contributed by atoms with Crippen molar-refractivity contribution in [1.29, 1.82) is 0 Å². The first-order valence-corrected chi connectivity index (χ1v) is 4.70. The Kier molecular flexibility index (Phi) is 7.04. The van der Waals surface area contributed by atoms with Crippen LogP contribution in [0.15, 0.2) is 24.3 Å².